The van der Waals surface area contributed by atoms with E-state index in [1.54, 1.807) is 24.3 Å². The minimum atomic E-state index is -2.97. The van der Waals surface area contributed by atoms with Crippen LogP contribution in [0.25, 0.3) is 0 Å². The highest BCUT2D eigenvalue weighted by molar-refractivity contribution is 8.02. The molecule has 0 unspecified atom stereocenters. The van der Waals surface area contributed by atoms with E-state index in [0.717, 1.165) is 0 Å². The zero-order valence-corrected chi connectivity index (χ0v) is 15.3. The number of sulfone groups is 1. The Hall–Kier alpha value is -1.87. The van der Waals surface area contributed by atoms with Gasteiger partial charge < -0.3 is 10.1 Å². The van der Waals surface area contributed by atoms with Gasteiger partial charge in [-0.2, -0.15) is 0 Å². The largest absolute Gasteiger partial charge is 0.455 e. The van der Waals surface area contributed by atoms with Crippen molar-refractivity contribution < 1.29 is 27.5 Å². The molecule has 0 saturated carbocycles. The summed E-state index contributed by atoms with van der Waals surface area (Å²) in [5, 5.41) is 2.47. The van der Waals surface area contributed by atoms with Crippen LogP contribution in [0, 0.1) is 0 Å². The van der Waals surface area contributed by atoms with Crippen LogP contribution in [0.4, 0.5) is 5.69 Å². The zero-order valence-electron chi connectivity index (χ0n) is 13.7. The van der Waals surface area contributed by atoms with Crippen LogP contribution in [0.2, 0.25) is 0 Å². The van der Waals surface area contributed by atoms with Gasteiger partial charge in [-0.3, -0.25) is 14.4 Å². The van der Waals surface area contributed by atoms with Crippen molar-refractivity contribution in [2.24, 2.45) is 0 Å². The van der Waals surface area contributed by atoms with Gasteiger partial charge in [0.25, 0.3) is 5.91 Å². The summed E-state index contributed by atoms with van der Waals surface area (Å²) in [5.74, 6) is -0.861. The molecule has 25 heavy (non-hydrogen) atoms. The molecule has 1 aliphatic rings. The highest BCUT2D eigenvalue weighted by Gasteiger charge is 2.28. The van der Waals surface area contributed by atoms with E-state index >= 15 is 0 Å². The summed E-state index contributed by atoms with van der Waals surface area (Å²) in [5.41, 5.74) is 1.03. The van der Waals surface area contributed by atoms with Crippen molar-refractivity contribution in [3.05, 3.63) is 29.8 Å². The highest BCUT2D eigenvalue weighted by Crippen LogP contribution is 2.24. The van der Waals surface area contributed by atoms with Crippen molar-refractivity contribution in [1.29, 1.82) is 0 Å². The van der Waals surface area contributed by atoms with E-state index in [-0.39, 0.29) is 28.3 Å². The van der Waals surface area contributed by atoms with E-state index in [1.807, 2.05) is 0 Å². The number of ketones is 1. The third-order valence-electron chi connectivity index (χ3n) is 3.57. The number of carbonyl (C=O) groups excluding carboxylic acids is 3. The molecule has 0 radical (unpaired) electrons. The van der Waals surface area contributed by atoms with Gasteiger partial charge in [0.05, 0.1) is 17.3 Å². The van der Waals surface area contributed by atoms with Crippen molar-refractivity contribution in [2.45, 2.75) is 18.6 Å². The number of nitrogens with one attached hydrogen (secondary N) is 1. The van der Waals surface area contributed by atoms with Crippen molar-refractivity contribution in [2.75, 3.05) is 29.2 Å². The van der Waals surface area contributed by atoms with E-state index in [2.05, 4.69) is 5.32 Å². The molecule has 1 saturated heterocycles. The molecule has 1 aliphatic heterocycles. The molecule has 136 valence electrons. The number of Topliss-reactive ketones (excluding diaryl/α,β-unsaturated/α-hetero) is 1. The second-order valence-corrected chi connectivity index (χ2v) is 9.20. The number of esters is 1. The topological polar surface area (TPSA) is 107 Å². The molecule has 0 bridgehead atoms. The van der Waals surface area contributed by atoms with E-state index in [1.165, 1.54) is 18.7 Å². The Morgan fingerprint density at radius 1 is 1.24 bits per heavy atom. The lowest BCUT2D eigenvalue weighted by Gasteiger charge is -2.08. The van der Waals surface area contributed by atoms with Crippen LogP contribution >= 0.6 is 11.8 Å². The molecule has 0 aliphatic carbocycles. The predicted octanol–water partition coefficient (Wildman–Crippen LogP) is 1.29. The summed E-state index contributed by atoms with van der Waals surface area (Å²) >= 11 is 1.24. The average Bonchev–Trinajstić information content (AvgIpc) is 2.90. The predicted molar refractivity (Wildman–Crippen MR) is 95.6 cm³/mol. The van der Waals surface area contributed by atoms with Gasteiger partial charge in [-0.1, -0.05) is 0 Å². The van der Waals surface area contributed by atoms with Gasteiger partial charge in [0, 0.05) is 16.5 Å². The SMILES string of the molecule is CC(=O)c1ccc(NC(=O)COC(=O)CS[C@@H]2CCS(=O)(=O)C2)cc1. The Labute approximate surface area is 150 Å². The second kappa shape index (κ2) is 8.48. The van der Waals surface area contributed by atoms with Crippen LogP contribution in [0.3, 0.4) is 0 Å². The molecular weight excluding hydrogens is 366 g/mol. The van der Waals surface area contributed by atoms with Gasteiger partial charge in [0.15, 0.2) is 22.2 Å². The number of thioether (sulfide) groups is 1. The second-order valence-electron chi connectivity index (χ2n) is 5.68. The van der Waals surface area contributed by atoms with Gasteiger partial charge in [0.1, 0.15) is 0 Å². The fraction of sp³-hybridized carbons (Fsp3) is 0.438. The van der Waals surface area contributed by atoms with E-state index < -0.39 is 28.3 Å². The Morgan fingerprint density at radius 3 is 2.48 bits per heavy atom. The number of rotatable bonds is 7. The summed E-state index contributed by atoms with van der Waals surface area (Å²) in [6, 6.07) is 6.37. The molecule has 1 heterocycles. The minimum Gasteiger partial charge on any atom is -0.455 e. The average molecular weight is 385 g/mol. The lowest BCUT2D eigenvalue weighted by Crippen LogP contribution is -2.22. The van der Waals surface area contributed by atoms with E-state index in [4.69, 9.17) is 4.74 Å². The van der Waals surface area contributed by atoms with Crippen LogP contribution in [0.1, 0.15) is 23.7 Å². The van der Waals surface area contributed by atoms with Gasteiger partial charge in [-0.25, -0.2) is 8.42 Å². The van der Waals surface area contributed by atoms with E-state index in [0.29, 0.717) is 17.7 Å². The van der Waals surface area contributed by atoms with Crippen LogP contribution in [-0.4, -0.2) is 55.2 Å². The third-order valence-corrected chi connectivity index (χ3v) is 6.82. The number of carbonyl (C=O) groups is 3. The number of ether oxygens (including phenoxy) is 1. The third kappa shape index (κ3) is 6.50. The fourth-order valence-corrected chi connectivity index (χ4v) is 5.69. The molecule has 0 spiro atoms. The van der Waals surface area contributed by atoms with Gasteiger partial charge in [-0.05, 0) is 37.6 Å². The minimum absolute atomic E-state index is 0.0147. The van der Waals surface area contributed by atoms with Gasteiger partial charge >= 0.3 is 5.97 Å². The molecule has 1 amide bonds. The van der Waals surface area contributed by atoms with Crippen LogP contribution in [-0.2, 0) is 24.2 Å². The van der Waals surface area contributed by atoms with Crippen LogP contribution < -0.4 is 5.32 Å². The molecule has 2 rings (SSSR count). The first-order chi connectivity index (χ1) is 11.7. The molecule has 1 aromatic rings. The summed E-state index contributed by atoms with van der Waals surface area (Å²) in [7, 11) is -2.97. The van der Waals surface area contributed by atoms with Crippen LogP contribution in [0.5, 0.6) is 0 Å². The maximum Gasteiger partial charge on any atom is 0.316 e. The van der Waals surface area contributed by atoms with Crippen LogP contribution in [0.15, 0.2) is 24.3 Å². The first kappa shape index (κ1) is 19.5. The van der Waals surface area contributed by atoms with Crippen molar-refractivity contribution in [1.82, 2.24) is 0 Å². The van der Waals surface area contributed by atoms with Crippen molar-refractivity contribution in [3.8, 4) is 0 Å². The monoisotopic (exact) mass is 385 g/mol. The maximum atomic E-state index is 11.7. The Morgan fingerprint density at radius 2 is 1.92 bits per heavy atom. The lowest BCUT2D eigenvalue weighted by atomic mass is 10.1. The number of amides is 1. The number of benzene rings is 1. The Bertz CT molecular complexity index is 757. The number of hydrogen-bond donors (Lipinski definition) is 1. The first-order valence-corrected chi connectivity index (χ1v) is 10.5. The smallest absolute Gasteiger partial charge is 0.316 e. The zero-order chi connectivity index (χ0) is 18.4. The summed E-state index contributed by atoms with van der Waals surface area (Å²) in [6.45, 7) is 1.03. The number of hydrogen-bond acceptors (Lipinski definition) is 7. The Kier molecular flexibility index (Phi) is 6.60. The molecule has 0 aromatic heterocycles. The molecule has 1 aromatic carbocycles. The van der Waals surface area contributed by atoms with Gasteiger partial charge in [0.2, 0.25) is 0 Å². The lowest BCUT2D eigenvalue weighted by molar-refractivity contribution is -0.144. The molecular formula is C16H19NO6S2. The maximum absolute atomic E-state index is 11.7. The fourth-order valence-electron chi connectivity index (χ4n) is 2.25. The molecule has 1 fully saturated rings. The summed E-state index contributed by atoms with van der Waals surface area (Å²) < 4.78 is 27.5. The Balaban J connectivity index is 1.68. The van der Waals surface area contributed by atoms with Crippen molar-refractivity contribution >= 4 is 44.9 Å². The standard InChI is InChI=1S/C16H19NO6S2/c1-11(18)12-2-4-13(5-3-12)17-15(19)8-23-16(20)9-24-14-6-7-25(21,22)10-14/h2-5,14H,6-10H2,1H3,(H,17,19)/t14-/m1/s1. The molecule has 9 heteroatoms. The number of anilines is 1. The summed E-state index contributed by atoms with van der Waals surface area (Å²) in [6.07, 6.45) is 0.539. The van der Waals surface area contributed by atoms with Gasteiger partial charge in [-0.15, -0.1) is 11.8 Å². The first-order valence-electron chi connectivity index (χ1n) is 7.64. The highest BCUT2D eigenvalue weighted by atomic mass is 32.2. The van der Waals surface area contributed by atoms with Crippen molar-refractivity contribution in [3.63, 3.8) is 0 Å². The van der Waals surface area contributed by atoms with E-state index in [9.17, 15) is 22.8 Å². The molecule has 7 nitrogen and oxygen atoms in total. The normalized spacial score (nSPS) is 18.5. The molecule has 1 atom stereocenters. The summed E-state index contributed by atoms with van der Waals surface area (Å²) in [4.78, 5) is 34.5. The molecule has 1 N–H and O–H groups in total. The quantitative estimate of drug-likeness (QED) is 0.557.